The second-order valence-corrected chi connectivity index (χ2v) is 2.67. The normalized spacial score (nSPS) is 12.5. The van der Waals surface area contributed by atoms with E-state index < -0.39 is 18.8 Å². The summed E-state index contributed by atoms with van der Waals surface area (Å²) < 4.78 is 39.4. The molecule has 0 aliphatic rings. The SMILES string of the molecule is O=C(Cc1ccccn1)OC(F)C(F)F. The number of ether oxygens (including phenoxy) is 1. The van der Waals surface area contributed by atoms with Gasteiger partial charge in [-0.05, 0) is 12.1 Å². The molecule has 1 unspecified atom stereocenters. The lowest BCUT2D eigenvalue weighted by Gasteiger charge is -2.08. The number of carbonyl (C=O) groups excluding carboxylic acids is 1. The molecule has 0 aliphatic carbocycles. The van der Waals surface area contributed by atoms with Crippen LogP contribution in [-0.2, 0) is 16.0 Å². The van der Waals surface area contributed by atoms with Crippen LogP contribution in [0, 0.1) is 0 Å². The number of alkyl halides is 3. The van der Waals surface area contributed by atoms with Gasteiger partial charge in [0, 0.05) is 6.20 Å². The number of pyridine rings is 1. The quantitative estimate of drug-likeness (QED) is 0.724. The van der Waals surface area contributed by atoms with Gasteiger partial charge >= 0.3 is 18.8 Å². The van der Waals surface area contributed by atoms with Crippen LogP contribution in [0.3, 0.4) is 0 Å². The summed E-state index contributed by atoms with van der Waals surface area (Å²) in [7, 11) is 0. The fourth-order valence-electron chi connectivity index (χ4n) is 0.869. The number of rotatable bonds is 4. The highest BCUT2D eigenvalue weighted by Gasteiger charge is 2.23. The zero-order chi connectivity index (χ0) is 11.3. The highest BCUT2D eigenvalue weighted by Crippen LogP contribution is 2.08. The van der Waals surface area contributed by atoms with Gasteiger partial charge in [-0.1, -0.05) is 6.07 Å². The van der Waals surface area contributed by atoms with E-state index in [0.29, 0.717) is 5.69 Å². The third-order valence-electron chi connectivity index (χ3n) is 1.49. The molecule has 1 rings (SSSR count). The summed E-state index contributed by atoms with van der Waals surface area (Å²) in [5, 5.41) is 0. The van der Waals surface area contributed by atoms with Crippen molar-refractivity contribution in [2.45, 2.75) is 19.2 Å². The standard InChI is InChI=1S/C9H8F3NO2/c10-8(11)9(12)15-7(14)5-6-3-1-2-4-13-6/h1-4,8-9H,5H2. The molecule has 82 valence electrons. The molecular weight excluding hydrogens is 211 g/mol. The van der Waals surface area contributed by atoms with Gasteiger partial charge in [-0.2, -0.15) is 4.39 Å². The Hall–Kier alpha value is -1.59. The lowest BCUT2D eigenvalue weighted by Crippen LogP contribution is -2.22. The summed E-state index contributed by atoms with van der Waals surface area (Å²) in [4.78, 5) is 14.7. The molecule has 1 aromatic heterocycles. The van der Waals surface area contributed by atoms with Crippen molar-refractivity contribution in [2.75, 3.05) is 0 Å². The van der Waals surface area contributed by atoms with Crippen LogP contribution in [0.2, 0.25) is 0 Å². The summed E-state index contributed by atoms with van der Waals surface area (Å²) in [6, 6.07) is 4.76. The molecule has 0 aromatic carbocycles. The number of aromatic nitrogens is 1. The second-order valence-electron chi connectivity index (χ2n) is 2.67. The molecule has 6 heteroatoms. The molecule has 0 saturated heterocycles. The lowest BCUT2D eigenvalue weighted by molar-refractivity contribution is -0.173. The fraction of sp³-hybridized carbons (Fsp3) is 0.333. The predicted octanol–water partition coefficient (Wildman–Crippen LogP) is 1.73. The molecule has 0 aliphatic heterocycles. The van der Waals surface area contributed by atoms with Gasteiger partial charge < -0.3 is 4.74 Å². The number of nitrogens with zero attached hydrogens (tertiary/aromatic N) is 1. The van der Waals surface area contributed by atoms with Gasteiger partial charge in [0.2, 0.25) is 0 Å². The smallest absolute Gasteiger partial charge is 0.314 e. The van der Waals surface area contributed by atoms with Crippen molar-refractivity contribution >= 4 is 5.97 Å². The van der Waals surface area contributed by atoms with Crippen molar-refractivity contribution in [1.29, 1.82) is 0 Å². The van der Waals surface area contributed by atoms with Gasteiger partial charge in [-0.15, -0.1) is 0 Å². The Kier molecular flexibility index (Phi) is 4.08. The third-order valence-corrected chi connectivity index (χ3v) is 1.49. The molecule has 0 amide bonds. The van der Waals surface area contributed by atoms with E-state index in [2.05, 4.69) is 9.72 Å². The van der Waals surface area contributed by atoms with Gasteiger partial charge in [0.05, 0.1) is 12.1 Å². The second kappa shape index (κ2) is 5.33. The van der Waals surface area contributed by atoms with Crippen LogP contribution in [0.25, 0.3) is 0 Å². The number of hydrogen-bond acceptors (Lipinski definition) is 3. The zero-order valence-electron chi connectivity index (χ0n) is 7.57. The zero-order valence-corrected chi connectivity index (χ0v) is 7.57. The summed E-state index contributed by atoms with van der Waals surface area (Å²) in [5.41, 5.74) is 0.337. The number of hydrogen-bond donors (Lipinski definition) is 0. The molecule has 1 heterocycles. The fourth-order valence-corrected chi connectivity index (χ4v) is 0.869. The van der Waals surface area contributed by atoms with E-state index in [1.54, 1.807) is 12.1 Å². The Balaban J connectivity index is 2.43. The predicted molar refractivity (Wildman–Crippen MR) is 44.9 cm³/mol. The molecular formula is C9H8F3NO2. The molecule has 0 saturated carbocycles. The van der Waals surface area contributed by atoms with E-state index in [-0.39, 0.29) is 6.42 Å². The first-order valence-electron chi connectivity index (χ1n) is 4.11. The first-order valence-corrected chi connectivity index (χ1v) is 4.11. The Morgan fingerprint density at radius 2 is 2.13 bits per heavy atom. The maximum Gasteiger partial charge on any atom is 0.314 e. The van der Waals surface area contributed by atoms with Crippen molar-refractivity contribution in [1.82, 2.24) is 4.98 Å². The van der Waals surface area contributed by atoms with Crippen molar-refractivity contribution in [2.24, 2.45) is 0 Å². The summed E-state index contributed by atoms with van der Waals surface area (Å²) in [5.74, 6) is -1.07. The monoisotopic (exact) mass is 219 g/mol. The number of halogens is 3. The maximum atomic E-state index is 12.3. The lowest BCUT2D eigenvalue weighted by atomic mass is 10.3. The molecule has 0 spiro atoms. The largest absolute Gasteiger partial charge is 0.424 e. The van der Waals surface area contributed by atoms with Gasteiger partial charge in [-0.25, -0.2) is 8.78 Å². The Morgan fingerprint density at radius 1 is 1.40 bits per heavy atom. The topological polar surface area (TPSA) is 39.2 Å². The minimum atomic E-state index is -3.32. The number of carbonyl (C=O) groups is 1. The van der Waals surface area contributed by atoms with Crippen LogP contribution >= 0.6 is 0 Å². The van der Waals surface area contributed by atoms with E-state index in [9.17, 15) is 18.0 Å². The highest BCUT2D eigenvalue weighted by molar-refractivity contribution is 5.72. The first kappa shape index (κ1) is 11.5. The maximum absolute atomic E-state index is 12.3. The molecule has 0 fully saturated rings. The van der Waals surface area contributed by atoms with E-state index in [1.807, 2.05) is 0 Å². The van der Waals surface area contributed by atoms with E-state index >= 15 is 0 Å². The molecule has 1 atom stereocenters. The average molecular weight is 219 g/mol. The van der Waals surface area contributed by atoms with Crippen molar-refractivity contribution in [3.63, 3.8) is 0 Å². The molecule has 0 radical (unpaired) electrons. The van der Waals surface area contributed by atoms with Crippen LogP contribution in [0.5, 0.6) is 0 Å². The Bertz CT molecular complexity index is 318. The molecule has 15 heavy (non-hydrogen) atoms. The van der Waals surface area contributed by atoms with E-state index in [4.69, 9.17) is 0 Å². The van der Waals surface area contributed by atoms with Crippen LogP contribution in [-0.4, -0.2) is 23.7 Å². The Labute approximate surface area is 83.9 Å². The summed E-state index contributed by atoms with van der Waals surface area (Å²) >= 11 is 0. The Morgan fingerprint density at radius 3 is 2.67 bits per heavy atom. The van der Waals surface area contributed by atoms with Crippen LogP contribution in [0.4, 0.5) is 13.2 Å². The van der Waals surface area contributed by atoms with Gasteiger partial charge in [0.25, 0.3) is 0 Å². The average Bonchev–Trinajstić information content (AvgIpc) is 2.18. The van der Waals surface area contributed by atoms with Crippen LogP contribution in [0.1, 0.15) is 5.69 Å². The van der Waals surface area contributed by atoms with Crippen LogP contribution in [0.15, 0.2) is 24.4 Å². The first-order chi connectivity index (χ1) is 7.09. The highest BCUT2D eigenvalue weighted by atomic mass is 19.3. The number of esters is 1. The minimum Gasteiger partial charge on any atom is -0.424 e. The molecule has 1 aromatic rings. The van der Waals surface area contributed by atoms with Crippen molar-refractivity contribution < 1.29 is 22.7 Å². The minimum absolute atomic E-state index is 0.325. The molecule has 0 bridgehead atoms. The summed E-state index contributed by atoms with van der Waals surface area (Å²) in [6.45, 7) is 0. The van der Waals surface area contributed by atoms with Gasteiger partial charge in [-0.3, -0.25) is 9.78 Å². The van der Waals surface area contributed by atoms with E-state index in [1.165, 1.54) is 12.3 Å². The summed E-state index contributed by atoms with van der Waals surface area (Å²) in [6.07, 6.45) is -5.09. The molecule has 3 nitrogen and oxygen atoms in total. The van der Waals surface area contributed by atoms with Crippen LogP contribution < -0.4 is 0 Å². The van der Waals surface area contributed by atoms with Gasteiger partial charge in [0.1, 0.15) is 0 Å². The van der Waals surface area contributed by atoms with Gasteiger partial charge in [0.15, 0.2) is 0 Å². The van der Waals surface area contributed by atoms with E-state index in [0.717, 1.165) is 0 Å². The molecule has 0 N–H and O–H groups in total. The third kappa shape index (κ3) is 3.97. The van der Waals surface area contributed by atoms with Crippen molar-refractivity contribution in [3.8, 4) is 0 Å². The van der Waals surface area contributed by atoms with Crippen molar-refractivity contribution in [3.05, 3.63) is 30.1 Å².